The summed E-state index contributed by atoms with van der Waals surface area (Å²) in [7, 11) is 0. The van der Waals surface area contributed by atoms with Crippen molar-refractivity contribution in [1.82, 2.24) is 5.43 Å². The fourth-order valence-electron chi connectivity index (χ4n) is 3.54. The molecule has 2 aromatic carbocycles. The minimum Gasteiger partial charge on any atom is -0.476 e. The van der Waals surface area contributed by atoms with Crippen molar-refractivity contribution < 1.29 is 14.6 Å². The number of hydrogen-bond donors (Lipinski definition) is 4. The molecule has 1 fully saturated rings. The lowest BCUT2D eigenvalue weighted by molar-refractivity contribution is -0.133. The van der Waals surface area contributed by atoms with Gasteiger partial charge in [-0.3, -0.25) is 5.84 Å². The minimum atomic E-state index is -1.29. The molecule has 2 aromatic rings. The molecule has 0 amide bonds. The van der Waals surface area contributed by atoms with Crippen molar-refractivity contribution in [3.05, 3.63) is 65.7 Å². The second-order valence-corrected chi connectivity index (χ2v) is 6.78. The van der Waals surface area contributed by atoms with Gasteiger partial charge >= 0.3 is 5.97 Å². The lowest BCUT2D eigenvalue weighted by atomic mass is 9.83. The van der Waals surface area contributed by atoms with Gasteiger partial charge in [-0.2, -0.15) is 0 Å². The normalized spacial score (nSPS) is 15.7. The number of nitrogens with one attached hydrogen (secondary N) is 1. The summed E-state index contributed by atoms with van der Waals surface area (Å²) in [6, 6.07) is 16.1. The van der Waals surface area contributed by atoms with E-state index >= 15 is 0 Å². The van der Waals surface area contributed by atoms with Gasteiger partial charge in [0, 0.05) is 0 Å². The maximum Gasteiger partial charge on any atom is 0.358 e. The van der Waals surface area contributed by atoms with Crippen LogP contribution in [0.25, 0.3) is 11.1 Å². The van der Waals surface area contributed by atoms with Crippen molar-refractivity contribution in [3.8, 4) is 16.9 Å². The second-order valence-electron chi connectivity index (χ2n) is 6.78. The Morgan fingerprint density at radius 3 is 2.37 bits per heavy atom. The van der Waals surface area contributed by atoms with Crippen LogP contribution in [-0.2, 0) is 4.79 Å². The number of benzene rings is 2. The predicted octanol–water partition coefficient (Wildman–Crippen LogP) is 3.46. The van der Waals surface area contributed by atoms with Gasteiger partial charge < -0.3 is 21.0 Å². The molecule has 27 heavy (non-hydrogen) atoms. The summed E-state index contributed by atoms with van der Waals surface area (Å²) < 4.78 is 5.37. The zero-order chi connectivity index (χ0) is 19.2. The highest BCUT2D eigenvalue weighted by atomic mass is 16.5. The van der Waals surface area contributed by atoms with E-state index in [1.165, 1.54) is 37.7 Å². The first kappa shape index (κ1) is 18.8. The number of aliphatic carboxylic acids is 1. The third kappa shape index (κ3) is 4.60. The summed E-state index contributed by atoms with van der Waals surface area (Å²) in [4.78, 5) is 11.0. The number of carboxylic acid groups (broad SMARTS) is 1. The molecule has 0 radical (unpaired) electrons. The average molecular weight is 367 g/mol. The van der Waals surface area contributed by atoms with E-state index in [0.29, 0.717) is 11.7 Å². The van der Waals surface area contributed by atoms with E-state index in [1.54, 1.807) is 12.1 Å². The van der Waals surface area contributed by atoms with Gasteiger partial charge in [-0.05, 0) is 47.6 Å². The fourth-order valence-corrected chi connectivity index (χ4v) is 3.54. The largest absolute Gasteiger partial charge is 0.476 e. The minimum absolute atomic E-state index is 0.294. The smallest absolute Gasteiger partial charge is 0.358 e. The SMILES string of the molecule is NN/C(C(=O)O)=C(\N)Oc1ccc(-c2cccc(C3CCCCC3)c2)cc1. The molecule has 142 valence electrons. The van der Waals surface area contributed by atoms with Gasteiger partial charge in [0.15, 0.2) is 5.70 Å². The van der Waals surface area contributed by atoms with Crippen LogP contribution < -0.4 is 21.7 Å². The number of nitrogens with two attached hydrogens (primary N) is 2. The molecule has 1 saturated carbocycles. The first-order valence-corrected chi connectivity index (χ1v) is 9.16. The average Bonchev–Trinajstić information content (AvgIpc) is 2.69. The van der Waals surface area contributed by atoms with Crippen LogP contribution in [0.3, 0.4) is 0 Å². The Labute approximate surface area is 158 Å². The number of carboxylic acids is 1. The van der Waals surface area contributed by atoms with E-state index in [2.05, 4.69) is 24.3 Å². The third-order valence-corrected chi connectivity index (χ3v) is 4.98. The van der Waals surface area contributed by atoms with E-state index < -0.39 is 5.97 Å². The van der Waals surface area contributed by atoms with E-state index in [-0.39, 0.29) is 11.6 Å². The molecule has 0 heterocycles. The zero-order valence-corrected chi connectivity index (χ0v) is 15.2. The summed E-state index contributed by atoms with van der Waals surface area (Å²) in [6.07, 6.45) is 6.50. The summed E-state index contributed by atoms with van der Waals surface area (Å²) in [5.41, 5.74) is 10.9. The Morgan fingerprint density at radius 1 is 1.04 bits per heavy atom. The third-order valence-electron chi connectivity index (χ3n) is 4.98. The molecule has 0 saturated heterocycles. The summed E-state index contributed by atoms with van der Waals surface area (Å²) >= 11 is 0. The van der Waals surface area contributed by atoms with Gasteiger partial charge in [0.25, 0.3) is 0 Å². The van der Waals surface area contributed by atoms with Gasteiger partial charge in [-0.15, -0.1) is 0 Å². The standard InChI is InChI=1S/C21H25N3O3/c22-20(19(24-23)21(25)26)27-18-11-9-15(10-12-18)17-8-4-7-16(13-17)14-5-2-1-3-6-14/h4,7-14,24H,1-3,5-6,22-23H2,(H,25,26)/b20-19+. The van der Waals surface area contributed by atoms with Crippen LogP contribution in [0.2, 0.25) is 0 Å². The Balaban J connectivity index is 1.76. The molecule has 0 spiro atoms. The molecular formula is C21H25N3O3. The van der Waals surface area contributed by atoms with Crippen molar-refractivity contribution in [2.24, 2.45) is 11.6 Å². The van der Waals surface area contributed by atoms with E-state index in [9.17, 15) is 4.79 Å². The van der Waals surface area contributed by atoms with Gasteiger partial charge in [-0.1, -0.05) is 55.7 Å². The van der Waals surface area contributed by atoms with Crippen LogP contribution in [0, 0.1) is 0 Å². The molecule has 0 bridgehead atoms. The number of carbonyl (C=O) groups is 1. The molecule has 0 aromatic heterocycles. The van der Waals surface area contributed by atoms with Gasteiger partial charge in [0.1, 0.15) is 5.75 Å². The van der Waals surface area contributed by atoms with Gasteiger partial charge in [0.2, 0.25) is 5.88 Å². The lowest BCUT2D eigenvalue weighted by Gasteiger charge is -2.22. The fraction of sp³-hybridized carbons (Fsp3) is 0.286. The van der Waals surface area contributed by atoms with Crippen LogP contribution in [0.15, 0.2) is 60.1 Å². The molecule has 6 N–H and O–H groups in total. The molecule has 6 nitrogen and oxygen atoms in total. The summed E-state index contributed by atoms with van der Waals surface area (Å²) in [6.45, 7) is 0. The van der Waals surface area contributed by atoms with Crippen LogP contribution in [0.1, 0.15) is 43.6 Å². The van der Waals surface area contributed by atoms with Crippen LogP contribution >= 0.6 is 0 Å². The van der Waals surface area contributed by atoms with E-state index in [1.807, 2.05) is 17.6 Å². The first-order chi connectivity index (χ1) is 13.1. The second kappa shape index (κ2) is 8.60. The molecule has 6 heteroatoms. The van der Waals surface area contributed by atoms with Gasteiger partial charge in [0.05, 0.1) is 0 Å². The Morgan fingerprint density at radius 2 is 1.74 bits per heavy atom. The molecule has 0 atom stereocenters. The monoisotopic (exact) mass is 367 g/mol. The van der Waals surface area contributed by atoms with E-state index in [4.69, 9.17) is 21.4 Å². The molecule has 0 aliphatic heterocycles. The Kier molecular flexibility index (Phi) is 5.98. The number of ether oxygens (including phenoxy) is 1. The highest BCUT2D eigenvalue weighted by molar-refractivity contribution is 5.86. The number of rotatable bonds is 6. The quantitative estimate of drug-likeness (QED) is 0.269. The molecule has 0 unspecified atom stereocenters. The number of hydrazine groups is 1. The molecule has 3 rings (SSSR count). The molecular weight excluding hydrogens is 342 g/mol. The zero-order valence-electron chi connectivity index (χ0n) is 15.2. The first-order valence-electron chi connectivity index (χ1n) is 9.16. The molecule has 1 aliphatic carbocycles. The highest BCUT2D eigenvalue weighted by Crippen LogP contribution is 2.34. The van der Waals surface area contributed by atoms with Crippen molar-refractivity contribution in [1.29, 1.82) is 0 Å². The van der Waals surface area contributed by atoms with Crippen molar-refractivity contribution >= 4 is 5.97 Å². The lowest BCUT2D eigenvalue weighted by Crippen LogP contribution is -2.31. The van der Waals surface area contributed by atoms with Crippen molar-refractivity contribution in [2.45, 2.75) is 38.0 Å². The van der Waals surface area contributed by atoms with Crippen LogP contribution in [-0.4, -0.2) is 11.1 Å². The summed E-state index contributed by atoms with van der Waals surface area (Å²) in [5.74, 6) is 4.67. The maximum absolute atomic E-state index is 11.0. The summed E-state index contributed by atoms with van der Waals surface area (Å²) in [5, 5.41) is 8.99. The van der Waals surface area contributed by atoms with Crippen molar-refractivity contribution in [3.63, 3.8) is 0 Å². The highest BCUT2D eigenvalue weighted by Gasteiger charge is 2.16. The van der Waals surface area contributed by atoms with Gasteiger partial charge in [-0.25, -0.2) is 4.79 Å². The molecule has 1 aliphatic rings. The topological polar surface area (TPSA) is 111 Å². The predicted molar refractivity (Wildman–Crippen MR) is 105 cm³/mol. The van der Waals surface area contributed by atoms with Crippen molar-refractivity contribution in [2.75, 3.05) is 0 Å². The maximum atomic E-state index is 11.0. The Bertz CT molecular complexity index is 825. The number of hydrogen-bond acceptors (Lipinski definition) is 5. The van der Waals surface area contributed by atoms with Crippen LogP contribution in [0.5, 0.6) is 5.75 Å². The Hall–Kier alpha value is -2.99. The van der Waals surface area contributed by atoms with Crippen LogP contribution in [0.4, 0.5) is 0 Å². The van der Waals surface area contributed by atoms with E-state index in [0.717, 1.165) is 11.1 Å².